The fourth-order valence-corrected chi connectivity index (χ4v) is 9.75. The van der Waals surface area contributed by atoms with E-state index in [1.54, 1.807) is 0 Å². The fraction of sp³-hybridized carbons (Fsp3) is 0.808. The van der Waals surface area contributed by atoms with Crippen LogP contribution in [-0.2, 0) is 47.9 Å². The van der Waals surface area contributed by atoms with E-state index < -0.39 is 119 Å². The Balaban J connectivity index is 0.0000144. The number of carbonyl (C=O) groups is 10. The number of carbonyl (C=O) groups excluding carboxylic acids is 10. The molecule has 436 valence electrons. The molecule has 0 unspecified atom stereocenters. The molecule has 0 aliphatic carbocycles. The molecule has 0 aromatic carbocycles. The molecule has 12 N–H and O–H groups in total. The van der Waals surface area contributed by atoms with Crippen LogP contribution in [0.4, 0.5) is 0 Å². The van der Waals surface area contributed by atoms with Gasteiger partial charge in [-0.05, 0) is 141 Å². The van der Waals surface area contributed by atoms with Gasteiger partial charge in [0.25, 0.3) is 0 Å². The third kappa shape index (κ3) is 21.9. The van der Waals surface area contributed by atoms with E-state index in [9.17, 15) is 47.9 Å². The molecule has 3 saturated heterocycles. The summed E-state index contributed by atoms with van der Waals surface area (Å²) in [5.41, 5.74) is 11.6. The Labute approximate surface area is 463 Å². The molecule has 76 heavy (non-hydrogen) atoms. The monoisotopic (exact) mass is 1120 g/mol. The summed E-state index contributed by atoms with van der Waals surface area (Å²) in [4.78, 5) is 144. The minimum absolute atomic E-state index is 0. The molecule has 0 radical (unpaired) electrons. The number of amides is 10. The number of halogens is 2. The van der Waals surface area contributed by atoms with E-state index in [-0.39, 0.29) is 113 Å². The van der Waals surface area contributed by atoms with Gasteiger partial charge in [-0.25, -0.2) is 0 Å². The van der Waals surface area contributed by atoms with E-state index in [1.807, 2.05) is 55.4 Å². The SMILES string of the molecule is CC(C)C[C@H]1NC(=O)[C@@H](C)NC(=O)[C@@H]2CCCN2C(=O)[C@@H](CC(C)C)NC(=O)[C@@H](CCCCN)NC(=O)[C@@H](CC(C)C)NC(=O)[C@@H](C)NC(=O)[C@@H]2CCCN2C(=O)[C@@H](CC(C)C)NC(=O)[C@@H](CCCCN)NC1=O.Cl.Cl. The first-order valence-electron chi connectivity index (χ1n) is 27.3. The minimum atomic E-state index is -1.16. The van der Waals surface area contributed by atoms with Crippen LogP contribution in [-0.4, -0.2) is 155 Å². The molecule has 0 aromatic rings. The van der Waals surface area contributed by atoms with Crippen molar-refractivity contribution >= 4 is 83.9 Å². The lowest BCUT2D eigenvalue weighted by Gasteiger charge is -2.32. The highest BCUT2D eigenvalue weighted by Gasteiger charge is 2.42. The van der Waals surface area contributed by atoms with Gasteiger partial charge in [0, 0.05) is 13.1 Å². The van der Waals surface area contributed by atoms with Crippen LogP contribution in [0.2, 0.25) is 0 Å². The first-order chi connectivity index (χ1) is 34.9. The van der Waals surface area contributed by atoms with Gasteiger partial charge in [0.1, 0.15) is 60.4 Å². The van der Waals surface area contributed by atoms with E-state index in [0.717, 1.165) is 0 Å². The topological polar surface area (TPSA) is 325 Å². The standard InChI is InChI=1S/C52H92N12O10.2ClH/c1-29(2)25-37-47(69)57-35(17-11-13-21-53)45(67)61-39(27-31(5)6)51(73)64-24-16-20-42(64)50(72)56-34(10)44(66)60-38(26-30(3)4)48(70)58-36(18-12-14-22-54)46(68)62-40(28-32(7)8)52(74)63-23-15-19-41(63)49(71)55-33(9)43(65)59-37;;/h29-42H,11-28,53-54H2,1-10H3,(H,55,71)(H,56,72)(H,57,69)(H,58,70)(H,59,65)(H,60,66)(H,61,67)(H,62,68);2*1H/t33-,34-,35-,36-,37-,38-,39-,40-,41+,42+;;/m1../s1. The maximum Gasteiger partial charge on any atom is 0.245 e. The van der Waals surface area contributed by atoms with Crippen molar-refractivity contribution in [1.82, 2.24) is 52.3 Å². The average Bonchev–Trinajstić information content (AvgIpc) is 4.03. The van der Waals surface area contributed by atoms with Gasteiger partial charge in [-0.3, -0.25) is 47.9 Å². The van der Waals surface area contributed by atoms with Gasteiger partial charge < -0.3 is 63.8 Å². The van der Waals surface area contributed by atoms with Gasteiger partial charge in [0.15, 0.2) is 0 Å². The molecule has 10 atom stereocenters. The Kier molecular flexibility index (Phi) is 31.1. The van der Waals surface area contributed by atoms with Gasteiger partial charge in [-0.2, -0.15) is 0 Å². The Morgan fingerprint density at radius 1 is 0.395 bits per heavy atom. The second kappa shape index (κ2) is 34.2. The zero-order valence-corrected chi connectivity index (χ0v) is 48.4. The lowest BCUT2D eigenvalue weighted by atomic mass is 9.99. The average molecular weight is 1120 g/mol. The lowest BCUT2D eigenvalue weighted by molar-refractivity contribution is -0.143. The summed E-state index contributed by atoms with van der Waals surface area (Å²) in [6.07, 6.45) is 4.56. The van der Waals surface area contributed by atoms with Crippen LogP contribution in [0.5, 0.6) is 0 Å². The summed E-state index contributed by atoms with van der Waals surface area (Å²) in [6.45, 7) is 19.0. The van der Waals surface area contributed by atoms with Crippen LogP contribution >= 0.6 is 24.8 Å². The summed E-state index contributed by atoms with van der Waals surface area (Å²) in [6, 6.07) is -11.0. The highest BCUT2D eigenvalue weighted by molar-refractivity contribution is 5.99. The Bertz CT molecular complexity index is 1810. The fourth-order valence-electron chi connectivity index (χ4n) is 9.75. The Hall–Kier alpha value is -4.80. The second-order valence-corrected chi connectivity index (χ2v) is 22.3. The second-order valence-electron chi connectivity index (χ2n) is 22.3. The molecule has 0 bridgehead atoms. The molecule has 24 heteroatoms. The van der Waals surface area contributed by atoms with Gasteiger partial charge in [0.05, 0.1) is 0 Å². The van der Waals surface area contributed by atoms with Crippen molar-refractivity contribution in [3.8, 4) is 0 Å². The van der Waals surface area contributed by atoms with Gasteiger partial charge >= 0.3 is 0 Å². The normalized spacial score (nSPS) is 27.5. The first kappa shape index (κ1) is 69.2. The van der Waals surface area contributed by atoms with Crippen molar-refractivity contribution < 1.29 is 47.9 Å². The van der Waals surface area contributed by atoms with E-state index in [1.165, 1.54) is 23.6 Å². The molecule has 3 heterocycles. The van der Waals surface area contributed by atoms with Crippen molar-refractivity contribution in [3.05, 3.63) is 0 Å². The van der Waals surface area contributed by atoms with Crippen LogP contribution in [0, 0.1) is 23.7 Å². The molecule has 0 aromatic heterocycles. The molecule has 3 aliphatic rings. The molecule has 0 saturated carbocycles. The summed E-state index contributed by atoms with van der Waals surface area (Å²) in [5.74, 6) is -6.52. The van der Waals surface area contributed by atoms with Crippen molar-refractivity contribution in [3.63, 3.8) is 0 Å². The zero-order chi connectivity index (χ0) is 55.4. The number of fused-ring (bicyclic) bond motifs is 2. The van der Waals surface area contributed by atoms with Crippen molar-refractivity contribution in [2.45, 2.75) is 220 Å². The largest absolute Gasteiger partial charge is 0.343 e. The van der Waals surface area contributed by atoms with E-state index >= 15 is 0 Å². The third-order valence-corrected chi connectivity index (χ3v) is 13.7. The zero-order valence-electron chi connectivity index (χ0n) is 46.8. The molecule has 3 rings (SSSR count). The van der Waals surface area contributed by atoms with E-state index in [4.69, 9.17) is 11.5 Å². The van der Waals surface area contributed by atoms with E-state index in [2.05, 4.69) is 42.5 Å². The molecule has 3 aliphatic heterocycles. The molecule has 10 amide bonds. The summed E-state index contributed by atoms with van der Waals surface area (Å²) >= 11 is 0. The van der Waals surface area contributed by atoms with Crippen LogP contribution in [0.25, 0.3) is 0 Å². The van der Waals surface area contributed by atoms with Gasteiger partial charge in [-0.1, -0.05) is 55.4 Å². The number of unbranched alkanes of at least 4 members (excludes halogenated alkanes) is 2. The van der Waals surface area contributed by atoms with Crippen molar-refractivity contribution in [2.75, 3.05) is 26.2 Å². The number of nitrogens with zero attached hydrogens (tertiary/aromatic N) is 2. The molecular weight excluding hydrogens is 1020 g/mol. The number of nitrogens with two attached hydrogens (primary N) is 2. The maximum atomic E-state index is 14.5. The smallest absolute Gasteiger partial charge is 0.245 e. The Morgan fingerprint density at radius 2 is 0.671 bits per heavy atom. The van der Waals surface area contributed by atoms with Crippen LogP contribution in [0.3, 0.4) is 0 Å². The summed E-state index contributed by atoms with van der Waals surface area (Å²) < 4.78 is 0. The van der Waals surface area contributed by atoms with E-state index in [0.29, 0.717) is 51.6 Å². The number of nitrogens with one attached hydrogen (secondary N) is 8. The molecule has 3 fully saturated rings. The first-order valence-corrected chi connectivity index (χ1v) is 27.3. The number of rotatable bonds is 16. The molecule has 0 spiro atoms. The maximum absolute atomic E-state index is 14.5. The van der Waals surface area contributed by atoms with Gasteiger partial charge in [0.2, 0.25) is 59.1 Å². The number of hydrogen-bond acceptors (Lipinski definition) is 12. The summed E-state index contributed by atoms with van der Waals surface area (Å²) in [5, 5.41) is 22.3. The van der Waals surface area contributed by atoms with Crippen LogP contribution in [0.1, 0.15) is 159 Å². The predicted molar refractivity (Wildman–Crippen MR) is 294 cm³/mol. The predicted octanol–water partition coefficient (Wildman–Crippen LogP) is 1.19. The number of hydrogen-bond donors (Lipinski definition) is 10. The quantitative estimate of drug-likeness (QED) is 0.0975. The van der Waals surface area contributed by atoms with Crippen LogP contribution < -0.4 is 54.0 Å². The minimum Gasteiger partial charge on any atom is -0.343 e. The highest BCUT2D eigenvalue weighted by atomic mass is 35.5. The van der Waals surface area contributed by atoms with Gasteiger partial charge in [-0.15, -0.1) is 24.8 Å². The van der Waals surface area contributed by atoms with Crippen LogP contribution in [0.15, 0.2) is 0 Å². The lowest BCUT2D eigenvalue weighted by Crippen LogP contribution is -2.61. The van der Waals surface area contributed by atoms with Crippen molar-refractivity contribution in [2.24, 2.45) is 35.1 Å². The third-order valence-electron chi connectivity index (χ3n) is 13.7. The Morgan fingerprint density at radius 3 is 0.974 bits per heavy atom. The molecular formula is C52H94Cl2N12O10. The summed E-state index contributed by atoms with van der Waals surface area (Å²) in [7, 11) is 0. The van der Waals surface area contributed by atoms with Crippen molar-refractivity contribution in [1.29, 1.82) is 0 Å². The highest BCUT2D eigenvalue weighted by Crippen LogP contribution is 2.23. The molecule has 22 nitrogen and oxygen atoms in total.